The maximum atomic E-state index is 12.5. The number of anilines is 2. The summed E-state index contributed by atoms with van der Waals surface area (Å²) in [5, 5.41) is 8.89. The van der Waals surface area contributed by atoms with Crippen LogP contribution in [0.4, 0.5) is 11.4 Å². The summed E-state index contributed by atoms with van der Waals surface area (Å²) in [6, 6.07) is 7.07. The van der Waals surface area contributed by atoms with Gasteiger partial charge in [-0.1, -0.05) is 6.07 Å². The first-order valence-electron chi connectivity index (χ1n) is 9.06. The summed E-state index contributed by atoms with van der Waals surface area (Å²) < 4.78 is 0. The molecule has 1 saturated heterocycles. The highest BCUT2D eigenvalue weighted by molar-refractivity contribution is 5.96. The molecule has 2 amide bonds. The van der Waals surface area contributed by atoms with Crippen LogP contribution >= 0.6 is 0 Å². The Morgan fingerprint density at radius 1 is 1.20 bits per heavy atom. The zero-order valence-corrected chi connectivity index (χ0v) is 15.5. The van der Waals surface area contributed by atoms with Crippen molar-refractivity contribution in [2.75, 3.05) is 37.3 Å². The van der Waals surface area contributed by atoms with Gasteiger partial charge in [-0.25, -0.2) is 0 Å². The third-order valence-electron chi connectivity index (χ3n) is 4.83. The van der Waals surface area contributed by atoms with Crippen LogP contribution in [0, 0.1) is 5.92 Å². The molecule has 138 valence electrons. The fraction of sp³-hybridized carbons (Fsp3) is 0.579. The van der Waals surface area contributed by atoms with Crippen LogP contribution in [0.2, 0.25) is 0 Å². The third-order valence-corrected chi connectivity index (χ3v) is 4.83. The van der Waals surface area contributed by atoms with Gasteiger partial charge in [-0.2, -0.15) is 0 Å². The molecule has 1 atom stereocenters. The highest BCUT2D eigenvalue weighted by atomic mass is 16.2. The Hall–Kier alpha value is -1.92. The first-order chi connectivity index (χ1) is 12.0. The number of benzene rings is 1. The minimum absolute atomic E-state index is 0.00588. The van der Waals surface area contributed by atoms with Gasteiger partial charge < -0.3 is 16.0 Å². The number of amides is 2. The molecule has 25 heavy (non-hydrogen) atoms. The average Bonchev–Trinajstić information content (AvgIpc) is 2.59. The monoisotopic (exact) mass is 346 g/mol. The minimum Gasteiger partial charge on any atom is -0.326 e. The lowest BCUT2D eigenvalue weighted by atomic mass is 9.93. The van der Waals surface area contributed by atoms with E-state index in [1.54, 1.807) is 12.1 Å². The summed E-state index contributed by atoms with van der Waals surface area (Å²) in [6.07, 6.45) is 3.51. The van der Waals surface area contributed by atoms with Crippen LogP contribution in [0.1, 0.15) is 33.1 Å². The second-order valence-corrected chi connectivity index (χ2v) is 6.80. The Balaban J connectivity index is 1.85. The van der Waals surface area contributed by atoms with Crippen molar-refractivity contribution >= 4 is 23.2 Å². The zero-order chi connectivity index (χ0) is 18.2. The van der Waals surface area contributed by atoms with E-state index in [4.69, 9.17) is 0 Å². The number of nitrogens with one attached hydrogen (secondary N) is 3. The van der Waals surface area contributed by atoms with Crippen molar-refractivity contribution in [2.24, 2.45) is 5.92 Å². The number of carbonyl (C=O) groups is 2. The standard InChI is InChI=1S/C19H30N4O2/c1-14(23-11-8-16(9-12-23)7-10-20-3)19(25)22-18-6-4-5-17(13-18)21-15(2)24/h4-6,13-14,16,20H,7-12H2,1-3H3,(H,21,24)(H,22,25). The number of carbonyl (C=O) groups excluding carboxylic acids is 2. The van der Waals surface area contributed by atoms with Crippen molar-refractivity contribution in [1.82, 2.24) is 10.2 Å². The number of nitrogens with zero attached hydrogens (tertiary/aromatic N) is 1. The maximum absolute atomic E-state index is 12.5. The van der Waals surface area contributed by atoms with Gasteiger partial charge in [0.2, 0.25) is 11.8 Å². The molecule has 0 aromatic heterocycles. The molecule has 6 heteroatoms. The van der Waals surface area contributed by atoms with Gasteiger partial charge >= 0.3 is 0 Å². The van der Waals surface area contributed by atoms with Crippen LogP contribution in [0.15, 0.2) is 24.3 Å². The number of hydrogen-bond acceptors (Lipinski definition) is 4. The van der Waals surface area contributed by atoms with Crippen molar-refractivity contribution in [3.8, 4) is 0 Å². The van der Waals surface area contributed by atoms with Gasteiger partial charge in [0.25, 0.3) is 0 Å². The number of hydrogen-bond donors (Lipinski definition) is 3. The van der Waals surface area contributed by atoms with Gasteiger partial charge in [-0.15, -0.1) is 0 Å². The summed E-state index contributed by atoms with van der Waals surface area (Å²) in [5.41, 5.74) is 1.38. The minimum atomic E-state index is -0.158. The van der Waals surface area contributed by atoms with Crippen LogP contribution < -0.4 is 16.0 Å². The average molecular weight is 346 g/mol. The quantitative estimate of drug-likeness (QED) is 0.708. The molecule has 1 aromatic carbocycles. The SMILES string of the molecule is CNCCC1CCN(C(C)C(=O)Nc2cccc(NC(C)=O)c2)CC1. The van der Waals surface area contributed by atoms with Gasteiger partial charge in [0.1, 0.15) is 0 Å². The van der Waals surface area contributed by atoms with Crippen molar-refractivity contribution in [3.63, 3.8) is 0 Å². The van der Waals surface area contributed by atoms with E-state index in [-0.39, 0.29) is 17.9 Å². The molecule has 1 unspecified atom stereocenters. The molecule has 1 fully saturated rings. The molecule has 1 aliphatic rings. The van der Waals surface area contributed by atoms with Crippen LogP contribution in [0.25, 0.3) is 0 Å². The molecule has 1 aliphatic heterocycles. The zero-order valence-electron chi connectivity index (χ0n) is 15.5. The van der Waals surface area contributed by atoms with E-state index < -0.39 is 0 Å². The van der Waals surface area contributed by atoms with E-state index in [0.29, 0.717) is 11.4 Å². The fourth-order valence-electron chi connectivity index (χ4n) is 3.27. The van der Waals surface area contributed by atoms with Crippen molar-refractivity contribution in [1.29, 1.82) is 0 Å². The highest BCUT2D eigenvalue weighted by Crippen LogP contribution is 2.22. The second-order valence-electron chi connectivity index (χ2n) is 6.80. The first-order valence-corrected chi connectivity index (χ1v) is 9.06. The topological polar surface area (TPSA) is 73.5 Å². The maximum Gasteiger partial charge on any atom is 0.241 e. The molecular formula is C19H30N4O2. The van der Waals surface area contributed by atoms with Crippen molar-refractivity contribution < 1.29 is 9.59 Å². The Kier molecular flexibility index (Phi) is 7.40. The fourth-order valence-corrected chi connectivity index (χ4v) is 3.27. The second kappa shape index (κ2) is 9.53. The molecule has 2 rings (SSSR count). The number of rotatable bonds is 7. The molecule has 6 nitrogen and oxygen atoms in total. The smallest absolute Gasteiger partial charge is 0.241 e. The molecule has 0 spiro atoms. The van der Waals surface area contributed by atoms with E-state index in [1.165, 1.54) is 13.3 Å². The normalized spacial score (nSPS) is 17.1. The lowest BCUT2D eigenvalue weighted by Crippen LogP contribution is -2.46. The van der Waals surface area contributed by atoms with E-state index in [0.717, 1.165) is 38.4 Å². The Labute approximate surface area is 150 Å². The summed E-state index contributed by atoms with van der Waals surface area (Å²) in [7, 11) is 1.99. The molecule has 0 bridgehead atoms. The molecule has 1 heterocycles. The summed E-state index contributed by atoms with van der Waals surface area (Å²) >= 11 is 0. The van der Waals surface area contributed by atoms with Gasteiger partial charge in [-0.3, -0.25) is 14.5 Å². The largest absolute Gasteiger partial charge is 0.326 e. The van der Waals surface area contributed by atoms with Crippen LogP contribution in [-0.2, 0) is 9.59 Å². The lowest BCUT2D eigenvalue weighted by Gasteiger charge is -2.35. The first kappa shape index (κ1) is 19.4. The summed E-state index contributed by atoms with van der Waals surface area (Å²) in [5.74, 6) is 0.625. The molecular weight excluding hydrogens is 316 g/mol. The molecule has 3 N–H and O–H groups in total. The van der Waals surface area contributed by atoms with Crippen molar-refractivity contribution in [2.45, 2.75) is 39.2 Å². The van der Waals surface area contributed by atoms with Crippen LogP contribution in [-0.4, -0.2) is 49.4 Å². The van der Waals surface area contributed by atoms with Gasteiger partial charge in [0.15, 0.2) is 0 Å². The summed E-state index contributed by atoms with van der Waals surface area (Å²) in [6.45, 7) is 6.42. The third kappa shape index (κ3) is 6.14. The van der Waals surface area contributed by atoms with E-state index in [1.807, 2.05) is 26.1 Å². The van der Waals surface area contributed by atoms with Crippen LogP contribution in [0.3, 0.4) is 0 Å². The van der Waals surface area contributed by atoms with Gasteiger partial charge in [0.05, 0.1) is 6.04 Å². The van der Waals surface area contributed by atoms with E-state index >= 15 is 0 Å². The predicted molar refractivity (Wildman–Crippen MR) is 102 cm³/mol. The summed E-state index contributed by atoms with van der Waals surface area (Å²) in [4.78, 5) is 25.9. The van der Waals surface area contributed by atoms with E-state index in [9.17, 15) is 9.59 Å². The molecule has 0 saturated carbocycles. The number of likely N-dealkylation sites (tertiary alicyclic amines) is 1. The van der Waals surface area contributed by atoms with Crippen LogP contribution in [0.5, 0.6) is 0 Å². The molecule has 0 aliphatic carbocycles. The van der Waals surface area contributed by atoms with Crippen molar-refractivity contribution in [3.05, 3.63) is 24.3 Å². The predicted octanol–water partition coefficient (Wildman–Crippen LogP) is 2.29. The molecule has 1 aromatic rings. The van der Waals surface area contributed by atoms with Gasteiger partial charge in [0, 0.05) is 18.3 Å². The lowest BCUT2D eigenvalue weighted by molar-refractivity contribution is -0.121. The van der Waals surface area contributed by atoms with E-state index in [2.05, 4.69) is 20.9 Å². The Bertz CT molecular complexity index is 583. The Morgan fingerprint density at radius 2 is 1.84 bits per heavy atom. The van der Waals surface area contributed by atoms with Gasteiger partial charge in [-0.05, 0) is 77.0 Å². The Morgan fingerprint density at radius 3 is 2.44 bits per heavy atom. The number of piperidine rings is 1. The highest BCUT2D eigenvalue weighted by Gasteiger charge is 2.26. The molecule has 0 radical (unpaired) electrons.